The maximum Gasteiger partial charge on any atom is 0.272 e. The van der Waals surface area contributed by atoms with Crippen LogP contribution < -0.4 is 16.6 Å². The fourth-order valence-corrected chi connectivity index (χ4v) is 0.885. The van der Waals surface area contributed by atoms with E-state index in [1.807, 2.05) is 0 Å². The van der Waals surface area contributed by atoms with Crippen molar-refractivity contribution in [1.82, 2.24) is 10.3 Å². The lowest BCUT2D eigenvalue weighted by molar-refractivity contribution is -0.107. The molecule has 1 heterocycles. The summed E-state index contributed by atoms with van der Waals surface area (Å²) in [6, 6.07) is 2.98. The molecule has 0 saturated carbocycles. The van der Waals surface area contributed by atoms with Crippen LogP contribution in [0.3, 0.4) is 0 Å². The Morgan fingerprint density at radius 1 is 1.59 bits per heavy atom. The van der Waals surface area contributed by atoms with Crippen molar-refractivity contribution in [2.45, 2.75) is 0 Å². The van der Waals surface area contributed by atoms with E-state index in [1.54, 1.807) is 14.2 Å². The fraction of sp³-hybridized carbons (Fsp3) is 0.300. The molecule has 17 heavy (non-hydrogen) atoms. The number of carbonyl (C=O) groups is 2. The Bertz CT molecular complexity index is 385. The Balaban J connectivity index is 0.000000770. The minimum absolute atomic E-state index is 0.0341. The van der Waals surface area contributed by atoms with Crippen LogP contribution in [-0.2, 0) is 9.53 Å². The lowest BCUT2D eigenvalue weighted by Gasteiger charge is -2.04. The molecule has 6 nitrogen and oxygen atoms in total. The number of hydrogen-bond acceptors (Lipinski definition) is 5. The minimum Gasteiger partial charge on any atom is -0.397 e. The van der Waals surface area contributed by atoms with Gasteiger partial charge in [-0.3, -0.25) is 9.78 Å². The molecule has 0 aliphatic rings. The standard InChI is InChI=1S/C8H8BN3O2.C2H6O/c9-6-2-1-5(10)7(12-6)8(14)11-3-4-13;1-3-2/h1-2,4H,3,10H2,(H,11,14);1-2H3. The SMILES string of the molecule is COC.[B]c1ccc(N)c(C(=O)NCC=O)n1. The summed E-state index contributed by atoms with van der Waals surface area (Å²) in [5, 5.41) is 2.31. The normalized spacial score (nSPS) is 8.82. The number of anilines is 1. The lowest BCUT2D eigenvalue weighted by Crippen LogP contribution is -2.29. The second kappa shape index (κ2) is 8.29. The molecular formula is C10H14BN3O3. The highest BCUT2D eigenvalue weighted by Gasteiger charge is 2.10. The van der Waals surface area contributed by atoms with Gasteiger partial charge in [0.15, 0.2) is 0 Å². The van der Waals surface area contributed by atoms with Crippen molar-refractivity contribution in [2.24, 2.45) is 0 Å². The molecule has 1 amide bonds. The van der Waals surface area contributed by atoms with Crippen LogP contribution in [0.15, 0.2) is 12.1 Å². The first-order chi connectivity index (χ1) is 8.06. The molecule has 0 saturated heterocycles. The summed E-state index contributed by atoms with van der Waals surface area (Å²) in [5.74, 6) is -0.512. The average Bonchev–Trinajstić information content (AvgIpc) is 2.30. The van der Waals surface area contributed by atoms with E-state index in [4.69, 9.17) is 13.6 Å². The number of amides is 1. The maximum atomic E-state index is 11.3. The number of carbonyl (C=O) groups excluding carboxylic acids is 2. The third-order valence-corrected chi connectivity index (χ3v) is 1.51. The molecule has 0 fully saturated rings. The lowest BCUT2D eigenvalue weighted by atomic mass is 10.0. The number of hydrogen-bond donors (Lipinski definition) is 2. The van der Waals surface area contributed by atoms with Crippen molar-refractivity contribution in [1.29, 1.82) is 0 Å². The molecule has 0 aliphatic carbocycles. The summed E-state index contributed by atoms with van der Waals surface area (Å²) in [5.41, 5.74) is 5.96. The first-order valence-electron chi connectivity index (χ1n) is 4.70. The Kier molecular flexibility index (Phi) is 7.37. The monoisotopic (exact) mass is 235 g/mol. The van der Waals surface area contributed by atoms with Gasteiger partial charge < -0.3 is 20.6 Å². The van der Waals surface area contributed by atoms with E-state index in [0.717, 1.165) is 0 Å². The van der Waals surface area contributed by atoms with Gasteiger partial charge in [-0.05, 0) is 17.7 Å². The molecule has 0 aliphatic heterocycles. The molecule has 0 bridgehead atoms. The van der Waals surface area contributed by atoms with Crippen molar-refractivity contribution in [3.63, 3.8) is 0 Å². The first kappa shape index (κ1) is 15.1. The second-order valence-electron chi connectivity index (χ2n) is 2.96. The highest BCUT2D eigenvalue weighted by molar-refractivity contribution is 6.30. The Morgan fingerprint density at radius 3 is 2.71 bits per heavy atom. The summed E-state index contributed by atoms with van der Waals surface area (Å²) in [6.45, 7) is -0.0747. The Morgan fingerprint density at radius 2 is 2.18 bits per heavy atom. The molecule has 1 rings (SSSR count). The van der Waals surface area contributed by atoms with E-state index in [0.29, 0.717) is 6.29 Å². The van der Waals surface area contributed by atoms with E-state index in [-0.39, 0.29) is 23.5 Å². The number of methoxy groups -OCH3 is 1. The molecule has 7 heteroatoms. The van der Waals surface area contributed by atoms with Gasteiger partial charge in [0, 0.05) is 14.2 Å². The summed E-state index contributed by atoms with van der Waals surface area (Å²) in [4.78, 5) is 25.1. The molecule has 3 N–H and O–H groups in total. The van der Waals surface area contributed by atoms with Gasteiger partial charge >= 0.3 is 0 Å². The van der Waals surface area contributed by atoms with E-state index >= 15 is 0 Å². The van der Waals surface area contributed by atoms with Gasteiger partial charge in [0.05, 0.1) is 12.2 Å². The second-order valence-corrected chi connectivity index (χ2v) is 2.96. The van der Waals surface area contributed by atoms with Crippen molar-refractivity contribution in [2.75, 3.05) is 26.5 Å². The van der Waals surface area contributed by atoms with Gasteiger partial charge in [0.2, 0.25) is 0 Å². The fourth-order valence-electron chi connectivity index (χ4n) is 0.885. The predicted molar refractivity (Wildman–Crippen MR) is 65.4 cm³/mol. The molecule has 0 spiro atoms. The van der Waals surface area contributed by atoms with E-state index in [2.05, 4.69) is 15.0 Å². The number of nitrogens with one attached hydrogen (secondary N) is 1. The van der Waals surface area contributed by atoms with Crippen LogP contribution in [0.1, 0.15) is 10.5 Å². The smallest absolute Gasteiger partial charge is 0.272 e. The van der Waals surface area contributed by atoms with Gasteiger partial charge in [-0.1, -0.05) is 0 Å². The summed E-state index contributed by atoms with van der Waals surface area (Å²) in [7, 11) is 8.63. The predicted octanol–water partition coefficient (Wildman–Crippen LogP) is -1.35. The van der Waals surface area contributed by atoms with Crippen LogP contribution in [0.2, 0.25) is 0 Å². The van der Waals surface area contributed by atoms with Gasteiger partial charge in [0.25, 0.3) is 5.91 Å². The quantitative estimate of drug-likeness (QED) is 0.499. The van der Waals surface area contributed by atoms with Gasteiger partial charge in [-0.15, -0.1) is 0 Å². The van der Waals surface area contributed by atoms with Crippen LogP contribution in [0.4, 0.5) is 5.69 Å². The Hall–Kier alpha value is -1.89. The van der Waals surface area contributed by atoms with Crippen LogP contribution >= 0.6 is 0 Å². The van der Waals surface area contributed by atoms with Crippen molar-refractivity contribution in [3.8, 4) is 0 Å². The maximum absolute atomic E-state index is 11.3. The molecular weight excluding hydrogens is 221 g/mol. The van der Waals surface area contributed by atoms with Gasteiger partial charge in [0.1, 0.15) is 19.8 Å². The number of pyridine rings is 1. The van der Waals surface area contributed by atoms with Crippen molar-refractivity contribution >= 4 is 31.3 Å². The molecule has 0 aromatic carbocycles. The largest absolute Gasteiger partial charge is 0.397 e. The summed E-state index contributed by atoms with van der Waals surface area (Å²) < 4.78 is 4.25. The molecule has 1 aromatic heterocycles. The molecule has 1 aromatic rings. The average molecular weight is 235 g/mol. The zero-order valence-electron chi connectivity index (χ0n) is 9.77. The highest BCUT2D eigenvalue weighted by Crippen LogP contribution is 2.04. The molecule has 0 atom stereocenters. The van der Waals surface area contributed by atoms with Crippen molar-refractivity contribution in [3.05, 3.63) is 17.8 Å². The molecule has 90 valence electrons. The van der Waals surface area contributed by atoms with Gasteiger partial charge in [-0.25, -0.2) is 0 Å². The minimum atomic E-state index is -0.512. The van der Waals surface area contributed by atoms with Gasteiger partial charge in [-0.2, -0.15) is 0 Å². The molecule has 0 unspecified atom stereocenters. The highest BCUT2D eigenvalue weighted by atomic mass is 16.4. The number of aromatic nitrogens is 1. The zero-order chi connectivity index (χ0) is 13.3. The van der Waals surface area contributed by atoms with Crippen molar-refractivity contribution < 1.29 is 14.3 Å². The van der Waals surface area contributed by atoms with E-state index in [1.165, 1.54) is 12.1 Å². The third kappa shape index (κ3) is 5.67. The topological polar surface area (TPSA) is 94.3 Å². The summed E-state index contributed by atoms with van der Waals surface area (Å²) >= 11 is 0. The number of aldehydes is 1. The number of ether oxygens (including phenoxy) is 1. The van der Waals surface area contributed by atoms with Crippen LogP contribution in [0.25, 0.3) is 0 Å². The first-order valence-corrected chi connectivity index (χ1v) is 4.70. The van der Waals surface area contributed by atoms with E-state index < -0.39 is 5.91 Å². The number of rotatable bonds is 3. The Labute approximate surface area is 101 Å². The third-order valence-electron chi connectivity index (χ3n) is 1.51. The number of nitrogens with zero attached hydrogens (tertiary/aromatic N) is 1. The summed E-state index contributed by atoms with van der Waals surface area (Å²) in [6.07, 6.45) is 0.570. The van der Waals surface area contributed by atoms with Crippen LogP contribution in [-0.4, -0.2) is 45.8 Å². The molecule has 2 radical (unpaired) electrons. The van der Waals surface area contributed by atoms with Crippen LogP contribution in [0, 0.1) is 0 Å². The zero-order valence-corrected chi connectivity index (χ0v) is 9.77. The van der Waals surface area contributed by atoms with Crippen LogP contribution in [0.5, 0.6) is 0 Å². The number of nitrogen functional groups attached to an aromatic ring is 1. The van der Waals surface area contributed by atoms with E-state index in [9.17, 15) is 9.59 Å². The number of nitrogens with two attached hydrogens (primary N) is 1.